The van der Waals surface area contributed by atoms with Crippen molar-refractivity contribution in [2.24, 2.45) is 5.10 Å². The van der Waals surface area contributed by atoms with Crippen LogP contribution in [0.2, 0.25) is 10.0 Å². The number of hydrazone groups is 1. The van der Waals surface area contributed by atoms with Crippen molar-refractivity contribution < 1.29 is 9.53 Å². The highest BCUT2D eigenvalue weighted by Crippen LogP contribution is 2.23. The maximum Gasteiger partial charge on any atom is 0.264 e. The summed E-state index contributed by atoms with van der Waals surface area (Å²) in [4.78, 5) is 12.3. The molecule has 9 nitrogen and oxygen atoms in total. The highest BCUT2D eigenvalue weighted by atomic mass is 35.5. The molecule has 3 aromatic carbocycles. The van der Waals surface area contributed by atoms with Gasteiger partial charge >= 0.3 is 0 Å². The van der Waals surface area contributed by atoms with Crippen molar-refractivity contribution in [1.82, 2.24) is 14.9 Å². The van der Waals surface area contributed by atoms with Gasteiger partial charge in [0.25, 0.3) is 5.95 Å². The highest BCUT2D eigenvalue weighted by Gasteiger charge is 2.12. The van der Waals surface area contributed by atoms with E-state index in [1.807, 2.05) is 54.6 Å². The maximum atomic E-state index is 12.3. The third-order valence-electron chi connectivity index (χ3n) is 4.67. The SMILES string of the molecule is Nn1c(N/N=C/c2ccccc2OCc2ccccc2)nnc1SCC(=O)Nc1cc(Cl)cc(Cl)c1. The van der Waals surface area contributed by atoms with Crippen molar-refractivity contribution in [1.29, 1.82) is 0 Å². The second-order valence-electron chi connectivity index (χ2n) is 7.35. The fourth-order valence-corrected chi connectivity index (χ4v) is 4.20. The molecule has 0 atom stereocenters. The van der Waals surface area contributed by atoms with Crippen molar-refractivity contribution in [2.45, 2.75) is 11.8 Å². The number of hydrogen-bond donors (Lipinski definition) is 3. The zero-order chi connectivity index (χ0) is 25.3. The summed E-state index contributed by atoms with van der Waals surface area (Å²) in [6.07, 6.45) is 1.60. The smallest absolute Gasteiger partial charge is 0.264 e. The molecule has 1 aromatic heterocycles. The number of anilines is 2. The molecule has 12 heteroatoms. The number of para-hydroxylation sites is 1. The number of carbonyl (C=O) groups excluding carboxylic acids is 1. The average molecular weight is 542 g/mol. The third-order valence-corrected chi connectivity index (χ3v) is 6.05. The van der Waals surface area contributed by atoms with Gasteiger partial charge in [0.1, 0.15) is 12.4 Å². The van der Waals surface area contributed by atoms with Crippen molar-refractivity contribution in [2.75, 3.05) is 22.3 Å². The Morgan fingerprint density at radius 2 is 1.78 bits per heavy atom. The number of rotatable bonds is 10. The van der Waals surface area contributed by atoms with Crippen LogP contribution in [0, 0.1) is 0 Å². The molecule has 4 aromatic rings. The number of nitrogens with one attached hydrogen (secondary N) is 2. The quantitative estimate of drug-likeness (QED) is 0.111. The highest BCUT2D eigenvalue weighted by molar-refractivity contribution is 7.99. The van der Waals surface area contributed by atoms with Gasteiger partial charge in [-0.05, 0) is 35.9 Å². The molecule has 0 fully saturated rings. The minimum Gasteiger partial charge on any atom is -0.488 e. The van der Waals surface area contributed by atoms with E-state index < -0.39 is 0 Å². The minimum atomic E-state index is -0.277. The number of nitrogen functional groups attached to an aromatic ring is 1. The van der Waals surface area contributed by atoms with Crippen LogP contribution in [0.4, 0.5) is 11.6 Å². The summed E-state index contributed by atoms with van der Waals surface area (Å²) < 4.78 is 7.14. The number of carbonyl (C=O) groups is 1. The summed E-state index contributed by atoms with van der Waals surface area (Å²) in [5.74, 6) is 6.71. The summed E-state index contributed by atoms with van der Waals surface area (Å²) in [7, 11) is 0. The molecule has 0 saturated heterocycles. The molecule has 1 amide bonds. The Kier molecular flexibility index (Phi) is 8.66. The van der Waals surface area contributed by atoms with Gasteiger partial charge in [-0.1, -0.05) is 77.4 Å². The number of thioether (sulfide) groups is 1. The normalized spacial score (nSPS) is 10.9. The van der Waals surface area contributed by atoms with E-state index in [4.69, 9.17) is 33.8 Å². The van der Waals surface area contributed by atoms with Crippen LogP contribution in [0.25, 0.3) is 0 Å². The van der Waals surface area contributed by atoms with Gasteiger partial charge in [0.15, 0.2) is 0 Å². The van der Waals surface area contributed by atoms with E-state index in [0.717, 1.165) is 22.9 Å². The lowest BCUT2D eigenvalue weighted by Crippen LogP contribution is -2.16. The number of amides is 1. The van der Waals surface area contributed by atoms with Crippen molar-refractivity contribution in [3.63, 3.8) is 0 Å². The third kappa shape index (κ3) is 7.14. The Hall–Kier alpha value is -3.73. The van der Waals surface area contributed by atoms with Crippen LogP contribution in [-0.2, 0) is 11.4 Å². The standard InChI is InChI=1S/C24H21Cl2N7O2S/c25-18-10-19(26)12-20(11-18)29-22(34)15-36-24-32-31-23(33(24)27)30-28-13-17-8-4-5-9-21(17)35-14-16-6-2-1-3-7-16/h1-13H,14-15,27H2,(H,29,34)(H,30,31)/b28-13+. The Morgan fingerprint density at radius 1 is 1.06 bits per heavy atom. The van der Waals surface area contributed by atoms with E-state index in [1.165, 1.54) is 4.68 Å². The van der Waals surface area contributed by atoms with E-state index in [1.54, 1.807) is 24.4 Å². The summed E-state index contributed by atoms with van der Waals surface area (Å²) in [5.41, 5.74) is 5.09. The van der Waals surface area contributed by atoms with Gasteiger partial charge in [-0.2, -0.15) is 5.10 Å². The number of aromatic nitrogens is 3. The molecular weight excluding hydrogens is 521 g/mol. The average Bonchev–Trinajstić information content (AvgIpc) is 3.21. The number of halogens is 2. The Morgan fingerprint density at radius 3 is 2.56 bits per heavy atom. The Labute approximate surface area is 221 Å². The largest absolute Gasteiger partial charge is 0.488 e. The molecule has 0 radical (unpaired) electrons. The molecule has 1 heterocycles. The van der Waals surface area contributed by atoms with E-state index in [9.17, 15) is 4.79 Å². The fraction of sp³-hybridized carbons (Fsp3) is 0.0833. The summed E-state index contributed by atoms with van der Waals surface area (Å²) in [5, 5.41) is 16.1. The van der Waals surface area contributed by atoms with Crippen molar-refractivity contribution in [3.8, 4) is 5.75 Å². The second kappa shape index (κ2) is 12.3. The van der Waals surface area contributed by atoms with Crippen molar-refractivity contribution >= 4 is 58.7 Å². The first-order chi connectivity index (χ1) is 17.5. The lowest BCUT2D eigenvalue weighted by Gasteiger charge is -2.09. The second-order valence-corrected chi connectivity index (χ2v) is 9.17. The molecular formula is C24H21Cl2N7O2S. The van der Waals surface area contributed by atoms with Gasteiger partial charge in [0.2, 0.25) is 11.1 Å². The first-order valence-electron chi connectivity index (χ1n) is 10.6. The molecule has 4 rings (SSSR count). The molecule has 0 spiro atoms. The van der Waals surface area contributed by atoms with E-state index in [2.05, 4.69) is 26.0 Å². The summed E-state index contributed by atoms with van der Waals surface area (Å²) in [6.45, 7) is 0.439. The number of hydrogen-bond acceptors (Lipinski definition) is 8. The molecule has 0 unspecified atom stereocenters. The maximum absolute atomic E-state index is 12.3. The lowest BCUT2D eigenvalue weighted by atomic mass is 10.2. The predicted octanol–water partition coefficient (Wildman–Crippen LogP) is 5.05. The van der Waals surface area contributed by atoms with Gasteiger partial charge in [-0.15, -0.1) is 10.2 Å². The van der Waals surface area contributed by atoms with Gasteiger partial charge in [0.05, 0.1) is 12.0 Å². The van der Waals surface area contributed by atoms with Gasteiger partial charge in [-0.25, -0.2) is 10.1 Å². The predicted molar refractivity (Wildman–Crippen MR) is 144 cm³/mol. The molecule has 0 bridgehead atoms. The minimum absolute atomic E-state index is 0.0505. The van der Waals surface area contributed by atoms with Crippen LogP contribution in [0.5, 0.6) is 5.75 Å². The summed E-state index contributed by atoms with van der Waals surface area (Å²) >= 11 is 13.0. The van der Waals surface area contributed by atoms with Crippen molar-refractivity contribution in [3.05, 3.63) is 94.0 Å². The van der Waals surface area contributed by atoms with E-state index in [0.29, 0.717) is 33.2 Å². The van der Waals surface area contributed by atoms with Gasteiger partial charge in [-0.3, -0.25) is 4.79 Å². The first-order valence-corrected chi connectivity index (χ1v) is 12.4. The zero-order valence-corrected chi connectivity index (χ0v) is 21.1. The molecule has 0 aliphatic rings. The van der Waals surface area contributed by atoms with Crippen LogP contribution >= 0.6 is 35.0 Å². The molecule has 0 saturated carbocycles. The first kappa shape index (κ1) is 25.4. The Bertz CT molecular complexity index is 1350. The zero-order valence-electron chi connectivity index (χ0n) is 18.8. The topological polar surface area (TPSA) is 119 Å². The summed E-state index contributed by atoms with van der Waals surface area (Å²) in [6, 6.07) is 22.2. The molecule has 4 N–H and O–H groups in total. The molecule has 0 aliphatic heterocycles. The number of benzene rings is 3. The van der Waals surface area contributed by atoms with Crippen LogP contribution in [-0.4, -0.2) is 32.7 Å². The Balaban J connectivity index is 1.31. The van der Waals surface area contributed by atoms with E-state index >= 15 is 0 Å². The fourth-order valence-electron chi connectivity index (χ4n) is 3.02. The number of nitrogens with zero attached hydrogens (tertiary/aromatic N) is 4. The number of ether oxygens (including phenoxy) is 1. The molecule has 184 valence electrons. The molecule has 36 heavy (non-hydrogen) atoms. The van der Waals surface area contributed by atoms with Gasteiger partial charge in [0, 0.05) is 21.3 Å². The van der Waals surface area contributed by atoms with E-state index in [-0.39, 0.29) is 17.6 Å². The molecule has 0 aliphatic carbocycles. The van der Waals surface area contributed by atoms with Gasteiger partial charge < -0.3 is 15.9 Å². The monoisotopic (exact) mass is 541 g/mol. The lowest BCUT2D eigenvalue weighted by molar-refractivity contribution is -0.113. The van der Waals surface area contributed by atoms with Crippen LogP contribution in [0.3, 0.4) is 0 Å². The van der Waals surface area contributed by atoms with Crippen LogP contribution in [0.15, 0.2) is 83.1 Å². The van der Waals surface area contributed by atoms with Crippen LogP contribution < -0.4 is 21.3 Å². The number of nitrogens with two attached hydrogens (primary N) is 1. The van der Waals surface area contributed by atoms with Crippen LogP contribution in [0.1, 0.15) is 11.1 Å².